The Morgan fingerprint density at radius 2 is 1.95 bits per heavy atom. The molecule has 0 fully saturated rings. The number of hydrogen-bond acceptors (Lipinski definition) is 5. The molecule has 0 aliphatic heterocycles. The number of carbonyl (C=O) groups excluding carboxylic acids is 1. The van der Waals surface area contributed by atoms with Gasteiger partial charge in [-0.25, -0.2) is 0 Å². The van der Waals surface area contributed by atoms with Crippen molar-refractivity contribution < 1.29 is 19.2 Å². The molecule has 4 nitrogen and oxygen atoms in total. The van der Waals surface area contributed by atoms with Crippen molar-refractivity contribution >= 4 is 39.8 Å². The van der Waals surface area contributed by atoms with Crippen LogP contribution in [0.4, 0.5) is 0 Å². The number of carbonyl (C=O) groups is 1. The molecular formula is C14H18NO3S2+. The average Bonchev–Trinajstić information content (AvgIpc) is 2.40. The van der Waals surface area contributed by atoms with E-state index >= 15 is 0 Å². The van der Waals surface area contributed by atoms with E-state index in [2.05, 4.69) is 0 Å². The molecule has 0 aliphatic rings. The molecule has 1 aromatic heterocycles. The Bertz CT molecular complexity index is 500. The van der Waals surface area contributed by atoms with Crippen molar-refractivity contribution in [1.82, 2.24) is 0 Å². The normalized spacial score (nSPS) is 11.7. The fourth-order valence-electron chi connectivity index (χ4n) is 1.55. The predicted octanol–water partition coefficient (Wildman–Crippen LogP) is 2.73. The van der Waals surface area contributed by atoms with E-state index in [0.717, 1.165) is 5.75 Å². The second-order valence-corrected chi connectivity index (χ2v) is 5.72. The molecule has 1 heterocycles. The number of aliphatic hydroxyl groups is 1. The molecule has 0 spiro atoms. The number of esters is 1. The average molecular weight is 312 g/mol. The lowest BCUT2D eigenvalue weighted by molar-refractivity contribution is -0.577. The van der Waals surface area contributed by atoms with Gasteiger partial charge in [-0.05, 0) is 12.7 Å². The van der Waals surface area contributed by atoms with Gasteiger partial charge in [0.05, 0.1) is 6.61 Å². The summed E-state index contributed by atoms with van der Waals surface area (Å²) in [5, 5.41) is 10.2. The van der Waals surface area contributed by atoms with Gasteiger partial charge in [0.25, 0.3) is 5.70 Å². The van der Waals surface area contributed by atoms with Crippen LogP contribution < -0.4 is 4.57 Å². The van der Waals surface area contributed by atoms with E-state index < -0.39 is 5.97 Å². The van der Waals surface area contributed by atoms with Gasteiger partial charge in [-0.15, -0.1) is 11.8 Å². The van der Waals surface area contributed by atoms with Crippen LogP contribution in [-0.2, 0) is 9.53 Å². The van der Waals surface area contributed by atoms with Crippen molar-refractivity contribution in [3.05, 3.63) is 36.4 Å². The summed E-state index contributed by atoms with van der Waals surface area (Å²) in [4.78, 5) is 11.5. The molecule has 108 valence electrons. The van der Waals surface area contributed by atoms with Crippen molar-refractivity contribution in [2.24, 2.45) is 0 Å². The first-order valence-corrected chi connectivity index (χ1v) is 7.71. The summed E-state index contributed by atoms with van der Waals surface area (Å²) in [6.07, 6.45) is 3.37. The van der Waals surface area contributed by atoms with E-state index in [-0.39, 0.29) is 18.8 Å². The molecule has 0 saturated heterocycles. The summed E-state index contributed by atoms with van der Waals surface area (Å²) in [6.45, 7) is 3.99. The maximum absolute atomic E-state index is 11.5. The third-order valence-electron chi connectivity index (χ3n) is 2.33. The Kier molecular flexibility index (Phi) is 7.25. The van der Waals surface area contributed by atoms with E-state index in [1.54, 1.807) is 23.9 Å². The van der Waals surface area contributed by atoms with Crippen LogP contribution in [0.1, 0.15) is 20.3 Å². The van der Waals surface area contributed by atoms with Crippen molar-refractivity contribution in [2.75, 3.05) is 12.4 Å². The highest BCUT2D eigenvalue weighted by Gasteiger charge is 2.24. The Morgan fingerprint density at radius 3 is 2.50 bits per heavy atom. The zero-order chi connectivity index (χ0) is 15.0. The van der Waals surface area contributed by atoms with Crippen LogP contribution in [0, 0.1) is 0 Å². The van der Waals surface area contributed by atoms with Gasteiger partial charge in [0, 0.05) is 12.1 Å². The number of nitrogens with zero attached hydrogens (tertiary/aromatic N) is 1. The lowest BCUT2D eigenvalue weighted by Gasteiger charge is -2.06. The van der Waals surface area contributed by atoms with Crippen LogP contribution >= 0.6 is 24.0 Å². The summed E-state index contributed by atoms with van der Waals surface area (Å²) >= 11 is 6.77. The molecule has 20 heavy (non-hydrogen) atoms. The molecule has 0 bridgehead atoms. The topological polar surface area (TPSA) is 50.4 Å². The third-order valence-corrected chi connectivity index (χ3v) is 3.62. The van der Waals surface area contributed by atoms with Gasteiger partial charge in [-0.1, -0.05) is 25.2 Å². The molecule has 1 N–H and O–H groups in total. The zero-order valence-corrected chi connectivity index (χ0v) is 13.2. The smallest absolute Gasteiger partial charge is 0.313 e. The van der Waals surface area contributed by atoms with Crippen LogP contribution in [0.3, 0.4) is 0 Å². The van der Waals surface area contributed by atoms with Crippen molar-refractivity contribution in [1.29, 1.82) is 0 Å². The summed E-state index contributed by atoms with van der Waals surface area (Å²) in [5.74, 6) is 0.247. The SMILES string of the molecule is CCOC(=O)C/C(O)=C(/C(=S)SCC)[n+]1ccccc1. The van der Waals surface area contributed by atoms with Crippen LogP contribution in [0.5, 0.6) is 0 Å². The maximum Gasteiger partial charge on any atom is 0.313 e. The molecule has 6 heteroatoms. The number of thiocarbonyl (C=S) groups is 1. The first kappa shape index (κ1) is 16.7. The molecule has 1 aromatic rings. The van der Waals surface area contributed by atoms with Crippen LogP contribution in [-0.4, -0.2) is 27.6 Å². The summed E-state index contributed by atoms with van der Waals surface area (Å²) in [5.41, 5.74) is 0.459. The third kappa shape index (κ3) is 4.94. The number of aromatic nitrogens is 1. The number of pyridine rings is 1. The number of hydrogen-bond donors (Lipinski definition) is 1. The monoisotopic (exact) mass is 312 g/mol. The van der Waals surface area contributed by atoms with Gasteiger partial charge in [-0.2, -0.15) is 4.57 Å². The molecule has 0 unspecified atom stereocenters. The van der Waals surface area contributed by atoms with Gasteiger partial charge >= 0.3 is 5.97 Å². The zero-order valence-electron chi connectivity index (χ0n) is 11.5. The molecule has 0 aromatic carbocycles. The molecule has 0 amide bonds. The highest BCUT2D eigenvalue weighted by Crippen LogP contribution is 2.17. The van der Waals surface area contributed by atoms with Crippen LogP contribution in [0.2, 0.25) is 0 Å². The number of aliphatic hydroxyl groups excluding tert-OH is 1. The minimum Gasteiger partial charge on any atom is -0.505 e. The first-order valence-electron chi connectivity index (χ1n) is 6.31. The van der Waals surface area contributed by atoms with E-state index in [0.29, 0.717) is 9.89 Å². The standard InChI is InChI=1S/C14H17NO3S2/c1-3-18-12(17)10-11(16)13(14(19)20-4-2)15-8-6-5-7-9-15/h5-9H,3-4,10H2,1-2H3/p+1. The Balaban J connectivity index is 3.09. The first-order chi connectivity index (χ1) is 9.60. The highest BCUT2D eigenvalue weighted by atomic mass is 32.2. The van der Waals surface area contributed by atoms with Gasteiger partial charge < -0.3 is 9.84 Å². The molecular weight excluding hydrogens is 294 g/mol. The lowest BCUT2D eigenvalue weighted by Crippen LogP contribution is -2.35. The Labute approximate surface area is 128 Å². The minimum absolute atomic E-state index is 0.0781. The number of ether oxygens (including phenoxy) is 1. The van der Waals surface area contributed by atoms with E-state index in [1.807, 2.05) is 25.1 Å². The fourth-order valence-corrected chi connectivity index (χ4v) is 2.75. The molecule has 1 rings (SSSR count). The highest BCUT2D eigenvalue weighted by molar-refractivity contribution is 8.24. The van der Waals surface area contributed by atoms with Gasteiger partial charge in [0.1, 0.15) is 10.6 Å². The summed E-state index contributed by atoms with van der Waals surface area (Å²) in [6, 6.07) is 5.53. The van der Waals surface area contributed by atoms with Crippen molar-refractivity contribution in [2.45, 2.75) is 20.3 Å². The van der Waals surface area contributed by atoms with Gasteiger partial charge in [0.15, 0.2) is 18.2 Å². The van der Waals surface area contributed by atoms with Crippen molar-refractivity contribution in [3.63, 3.8) is 0 Å². The number of rotatable bonds is 6. The van der Waals surface area contributed by atoms with Crippen LogP contribution in [0.15, 0.2) is 36.4 Å². The van der Waals surface area contributed by atoms with Crippen molar-refractivity contribution in [3.8, 4) is 0 Å². The largest absolute Gasteiger partial charge is 0.505 e. The Morgan fingerprint density at radius 1 is 1.30 bits per heavy atom. The second-order valence-electron chi connectivity index (χ2n) is 3.78. The fraction of sp³-hybridized carbons (Fsp3) is 0.357. The molecule has 0 saturated carbocycles. The van der Waals surface area contributed by atoms with E-state index in [4.69, 9.17) is 17.0 Å². The van der Waals surface area contributed by atoms with E-state index in [1.165, 1.54) is 11.8 Å². The molecule has 0 atom stereocenters. The minimum atomic E-state index is -0.469. The Hall–Kier alpha value is -1.40. The predicted molar refractivity (Wildman–Crippen MR) is 84.5 cm³/mol. The van der Waals surface area contributed by atoms with Gasteiger partial charge in [0.2, 0.25) is 0 Å². The van der Waals surface area contributed by atoms with E-state index in [9.17, 15) is 9.90 Å². The molecule has 0 radical (unpaired) electrons. The number of thioether (sulfide) groups is 1. The van der Waals surface area contributed by atoms with Gasteiger partial charge in [-0.3, -0.25) is 4.79 Å². The quantitative estimate of drug-likeness (QED) is 0.288. The maximum atomic E-state index is 11.5. The summed E-state index contributed by atoms with van der Waals surface area (Å²) < 4.78 is 7.10. The van der Waals surface area contributed by atoms with Crippen LogP contribution in [0.25, 0.3) is 5.70 Å². The lowest BCUT2D eigenvalue weighted by atomic mass is 10.3. The summed E-state index contributed by atoms with van der Waals surface area (Å²) in [7, 11) is 0. The molecule has 0 aliphatic carbocycles. The second kappa shape index (κ2) is 8.71.